The van der Waals surface area contributed by atoms with E-state index in [0.29, 0.717) is 31.9 Å². The molecule has 2 aromatic heterocycles. The fourth-order valence-corrected chi connectivity index (χ4v) is 5.05. The first-order valence-corrected chi connectivity index (χ1v) is 11.8. The number of hydrogen-bond donors (Lipinski definition) is 1. The van der Waals surface area contributed by atoms with Crippen LogP contribution in [0.2, 0.25) is 0 Å². The molecule has 34 heavy (non-hydrogen) atoms. The number of nitrogens with zero attached hydrogens (tertiary/aromatic N) is 4. The summed E-state index contributed by atoms with van der Waals surface area (Å²) in [6.45, 7) is 3.10. The van der Waals surface area contributed by atoms with Crippen LogP contribution in [0.15, 0.2) is 57.6 Å². The van der Waals surface area contributed by atoms with Crippen molar-refractivity contribution in [3.05, 3.63) is 70.2 Å². The van der Waals surface area contributed by atoms with Crippen molar-refractivity contribution >= 4 is 27.7 Å². The second-order valence-electron chi connectivity index (χ2n) is 8.52. The van der Waals surface area contributed by atoms with Crippen molar-refractivity contribution in [3.63, 3.8) is 0 Å². The van der Waals surface area contributed by atoms with Gasteiger partial charge in [0.25, 0.3) is 5.91 Å². The minimum Gasteiger partial charge on any atom is -0.467 e. The van der Waals surface area contributed by atoms with Gasteiger partial charge in [-0.2, -0.15) is 18.3 Å². The van der Waals surface area contributed by atoms with Crippen LogP contribution < -0.4 is 5.32 Å². The third-order valence-corrected chi connectivity index (χ3v) is 7.04. The van der Waals surface area contributed by atoms with E-state index in [9.17, 15) is 18.0 Å². The molecule has 1 N–H and O–H groups in total. The van der Waals surface area contributed by atoms with Gasteiger partial charge in [-0.05, 0) is 33.6 Å². The lowest BCUT2D eigenvalue weighted by Crippen LogP contribution is -2.48. The maximum atomic E-state index is 13.9. The summed E-state index contributed by atoms with van der Waals surface area (Å²) >= 11 is 3.34. The number of carbonyl (C=O) groups excluding carboxylic acids is 1. The Kier molecular flexibility index (Phi) is 6.15. The fraction of sp³-hybridized carbons (Fsp3) is 0.391. The molecule has 11 heteroatoms. The Morgan fingerprint density at radius 3 is 2.50 bits per heavy atom. The van der Waals surface area contributed by atoms with E-state index in [1.165, 1.54) is 11.8 Å². The molecule has 2 aliphatic rings. The number of amides is 1. The molecule has 2 atom stereocenters. The van der Waals surface area contributed by atoms with E-state index in [4.69, 9.17) is 4.42 Å². The molecule has 0 spiro atoms. The van der Waals surface area contributed by atoms with Crippen LogP contribution in [0.1, 0.15) is 40.3 Å². The largest absolute Gasteiger partial charge is 0.467 e. The molecular formula is C23H23BrF3N5O2. The summed E-state index contributed by atoms with van der Waals surface area (Å²) in [7, 11) is 0. The van der Waals surface area contributed by atoms with Gasteiger partial charge in [0.15, 0.2) is 11.7 Å². The summed E-state index contributed by atoms with van der Waals surface area (Å²) in [5.41, 5.74) is 1.18. The number of anilines is 1. The smallest absolute Gasteiger partial charge is 0.410 e. The number of furan rings is 1. The van der Waals surface area contributed by atoms with Crippen molar-refractivity contribution in [1.82, 2.24) is 19.6 Å². The van der Waals surface area contributed by atoms with Crippen LogP contribution in [0.5, 0.6) is 0 Å². The van der Waals surface area contributed by atoms with E-state index >= 15 is 0 Å². The fourth-order valence-electron chi connectivity index (χ4n) is 4.50. The first-order valence-electron chi connectivity index (χ1n) is 11.0. The average molecular weight is 538 g/mol. The monoisotopic (exact) mass is 537 g/mol. The number of aromatic nitrogens is 2. The predicted molar refractivity (Wildman–Crippen MR) is 122 cm³/mol. The van der Waals surface area contributed by atoms with Crippen LogP contribution in [0.3, 0.4) is 0 Å². The quantitative estimate of drug-likeness (QED) is 0.515. The van der Waals surface area contributed by atoms with Gasteiger partial charge in [-0.25, -0.2) is 4.68 Å². The molecule has 7 nitrogen and oxygen atoms in total. The van der Waals surface area contributed by atoms with Crippen LogP contribution >= 0.6 is 15.9 Å². The number of alkyl halides is 3. The highest BCUT2D eigenvalue weighted by molar-refractivity contribution is 9.10. The van der Waals surface area contributed by atoms with Crippen molar-refractivity contribution in [2.45, 2.75) is 31.2 Å². The van der Waals surface area contributed by atoms with Crippen LogP contribution in [-0.4, -0.2) is 57.8 Å². The molecule has 1 amide bonds. The maximum absolute atomic E-state index is 13.9. The lowest BCUT2D eigenvalue weighted by Gasteiger charge is -2.34. The molecule has 2 aliphatic heterocycles. The Morgan fingerprint density at radius 1 is 1.12 bits per heavy atom. The number of nitrogens with one attached hydrogen (secondary N) is 1. The molecule has 4 heterocycles. The molecule has 0 saturated carbocycles. The molecule has 3 aromatic rings. The number of rotatable bonds is 4. The predicted octanol–water partition coefficient (Wildman–Crippen LogP) is 4.86. The number of piperazine rings is 1. The van der Waals surface area contributed by atoms with Gasteiger partial charge in [0.2, 0.25) is 0 Å². The van der Waals surface area contributed by atoms with Gasteiger partial charge in [-0.3, -0.25) is 9.69 Å². The van der Waals surface area contributed by atoms with Gasteiger partial charge in [0.05, 0.1) is 16.8 Å². The standard InChI is InChI=1S/C23H23BrF3N5O2/c24-19-20(22(33)31-10-8-30(9-11-31)14-15-5-2-1-3-6-15)29-32-18(23(25,26)27)13-16(28-21(19)32)17-7-4-12-34-17/h1-7,12,16,18,28H,8-11,13-14H2. The Bertz CT molecular complexity index is 1140. The number of carbonyl (C=O) groups is 1. The first kappa shape index (κ1) is 23.0. The summed E-state index contributed by atoms with van der Waals surface area (Å²) in [5.74, 6) is 0.141. The minimum absolute atomic E-state index is 0.0200. The second-order valence-corrected chi connectivity index (χ2v) is 9.31. The highest BCUT2D eigenvalue weighted by Crippen LogP contribution is 2.46. The molecule has 0 bridgehead atoms. The van der Waals surface area contributed by atoms with Crippen LogP contribution in [0, 0.1) is 0 Å². The molecular weight excluding hydrogens is 515 g/mol. The Balaban J connectivity index is 1.34. The average Bonchev–Trinajstić information content (AvgIpc) is 3.47. The number of benzene rings is 1. The van der Waals surface area contributed by atoms with Crippen LogP contribution in [0.4, 0.5) is 19.0 Å². The molecule has 180 valence electrons. The van der Waals surface area contributed by atoms with Gasteiger partial charge in [-0.1, -0.05) is 30.3 Å². The number of fused-ring (bicyclic) bond motifs is 1. The minimum atomic E-state index is -4.53. The maximum Gasteiger partial charge on any atom is 0.410 e. The van der Waals surface area contributed by atoms with Gasteiger partial charge in [0.1, 0.15) is 11.6 Å². The first-order chi connectivity index (χ1) is 16.3. The summed E-state index contributed by atoms with van der Waals surface area (Å²) in [5, 5.41) is 7.19. The second kappa shape index (κ2) is 9.10. The molecule has 0 radical (unpaired) electrons. The molecule has 0 aliphatic carbocycles. The SMILES string of the molecule is O=C(c1nn2c(c1Br)NC(c1ccco1)CC2C(F)(F)F)N1CCN(Cc2ccccc2)CC1. The zero-order chi connectivity index (χ0) is 23.9. The third-order valence-electron chi connectivity index (χ3n) is 6.29. The Hall–Kier alpha value is -2.79. The van der Waals surface area contributed by atoms with Crippen molar-refractivity contribution in [2.24, 2.45) is 0 Å². The number of hydrogen-bond acceptors (Lipinski definition) is 5. The van der Waals surface area contributed by atoms with Crippen LogP contribution in [0.25, 0.3) is 0 Å². The highest BCUT2D eigenvalue weighted by Gasteiger charge is 2.48. The van der Waals surface area contributed by atoms with Gasteiger partial charge < -0.3 is 14.6 Å². The van der Waals surface area contributed by atoms with Crippen molar-refractivity contribution < 1.29 is 22.4 Å². The van der Waals surface area contributed by atoms with E-state index in [0.717, 1.165) is 11.2 Å². The highest BCUT2D eigenvalue weighted by atomic mass is 79.9. The summed E-state index contributed by atoms with van der Waals surface area (Å²) < 4.78 is 48.2. The normalized spacial score (nSPS) is 21.2. The number of halogens is 4. The van der Waals surface area contributed by atoms with E-state index in [-0.39, 0.29) is 28.3 Å². The molecule has 1 fully saturated rings. The lowest BCUT2D eigenvalue weighted by molar-refractivity contribution is -0.174. The van der Waals surface area contributed by atoms with E-state index < -0.39 is 18.3 Å². The van der Waals surface area contributed by atoms with E-state index in [1.54, 1.807) is 17.0 Å². The van der Waals surface area contributed by atoms with Gasteiger partial charge >= 0.3 is 6.18 Å². The van der Waals surface area contributed by atoms with Crippen molar-refractivity contribution in [2.75, 3.05) is 31.5 Å². The molecule has 5 rings (SSSR count). The summed E-state index contributed by atoms with van der Waals surface area (Å²) in [4.78, 5) is 17.1. The van der Waals surface area contributed by atoms with Crippen LogP contribution in [-0.2, 0) is 6.54 Å². The van der Waals surface area contributed by atoms with Crippen molar-refractivity contribution in [1.29, 1.82) is 0 Å². The molecule has 2 unspecified atom stereocenters. The summed E-state index contributed by atoms with van der Waals surface area (Å²) in [6, 6.07) is 10.8. The zero-order valence-corrected chi connectivity index (χ0v) is 19.7. The van der Waals surface area contributed by atoms with Crippen molar-refractivity contribution in [3.8, 4) is 0 Å². The third kappa shape index (κ3) is 4.46. The topological polar surface area (TPSA) is 66.5 Å². The zero-order valence-electron chi connectivity index (χ0n) is 18.1. The van der Waals surface area contributed by atoms with E-state index in [1.807, 2.05) is 18.2 Å². The van der Waals surface area contributed by atoms with Gasteiger partial charge in [0, 0.05) is 39.1 Å². The summed E-state index contributed by atoms with van der Waals surface area (Å²) in [6.07, 6.45) is -3.40. The Labute approximate surface area is 202 Å². The lowest BCUT2D eigenvalue weighted by atomic mass is 10.0. The molecule has 1 aromatic carbocycles. The van der Waals surface area contributed by atoms with Gasteiger partial charge in [-0.15, -0.1) is 0 Å². The van der Waals surface area contributed by atoms with E-state index in [2.05, 4.69) is 43.4 Å². The molecule has 1 saturated heterocycles. The Morgan fingerprint density at radius 2 is 1.85 bits per heavy atom.